The van der Waals surface area contributed by atoms with Crippen LogP contribution in [0.3, 0.4) is 0 Å². The Balaban J connectivity index is 1.12. The Morgan fingerprint density at radius 3 is 2.19 bits per heavy atom. The van der Waals surface area contributed by atoms with E-state index in [0.29, 0.717) is 17.3 Å². The monoisotopic (exact) mass is 651 g/mol. The number of hydrogen-bond donors (Lipinski definition) is 0. The summed E-state index contributed by atoms with van der Waals surface area (Å²) >= 11 is 0. The molecule has 4 aliphatic carbocycles. The first kappa shape index (κ1) is 38.7. The summed E-state index contributed by atoms with van der Waals surface area (Å²) in [6.07, 6.45) is 39.5. The van der Waals surface area contributed by atoms with Gasteiger partial charge >= 0.3 is 5.97 Å². The van der Waals surface area contributed by atoms with Crippen molar-refractivity contribution in [1.29, 1.82) is 0 Å². The minimum Gasteiger partial charge on any atom is -0.462 e. The summed E-state index contributed by atoms with van der Waals surface area (Å²) in [4.78, 5) is 12.8. The van der Waals surface area contributed by atoms with E-state index in [4.69, 9.17) is 4.74 Å². The summed E-state index contributed by atoms with van der Waals surface area (Å²) in [5, 5.41) is 0. The van der Waals surface area contributed by atoms with E-state index < -0.39 is 0 Å². The van der Waals surface area contributed by atoms with Crippen LogP contribution in [0.15, 0.2) is 23.8 Å². The van der Waals surface area contributed by atoms with Gasteiger partial charge in [0.15, 0.2) is 0 Å². The number of carbonyl (C=O) groups excluding carboxylic acids is 1. The molecule has 8 atom stereocenters. The van der Waals surface area contributed by atoms with Crippen LogP contribution in [-0.2, 0) is 9.53 Å². The number of unbranched alkanes of at least 4 members (excludes halogenated alkanes) is 11. The maximum Gasteiger partial charge on any atom is 0.306 e. The van der Waals surface area contributed by atoms with E-state index in [-0.39, 0.29) is 12.1 Å². The van der Waals surface area contributed by atoms with Crippen LogP contribution in [0.25, 0.3) is 0 Å². The third-order valence-corrected chi connectivity index (χ3v) is 14.2. The van der Waals surface area contributed by atoms with Crippen LogP contribution in [0, 0.1) is 46.3 Å². The lowest BCUT2D eigenvalue weighted by atomic mass is 9.47. The zero-order valence-electron chi connectivity index (χ0n) is 32.3. The lowest BCUT2D eigenvalue weighted by Crippen LogP contribution is -2.51. The number of allylic oxidation sites excluding steroid dienone is 3. The van der Waals surface area contributed by atoms with Crippen molar-refractivity contribution in [3.05, 3.63) is 23.8 Å². The highest BCUT2D eigenvalue weighted by atomic mass is 16.5. The van der Waals surface area contributed by atoms with Crippen molar-refractivity contribution in [3.63, 3.8) is 0 Å². The molecule has 0 heterocycles. The van der Waals surface area contributed by atoms with Crippen molar-refractivity contribution < 1.29 is 9.53 Å². The minimum atomic E-state index is 0.0541. The van der Waals surface area contributed by atoms with Gasteiger partial charge in [-0.1, -0.05) is 136 Å². The van der Waals surface area contributed by atoms with Gasteiger partial charge in [-0.05, 0) is 123 Å². The molecule has 3 fully saturated rings. The first-order valence-corrected chi connectivity index (χ1v) is 21.2. The molecule has 0 aliphatic heterocycles. The van der Waals surface area contributed by atoms with E-state index >= 15 is 0 Å². The molecule has 0 N–H and O–H groups in total. The van der Waals surface area contributed by atoms with Crippen LogP contribution in [0.4, 0.5) is 0 Å². The highest BCUT2D eigenvalue weighted by Gasteiger charge is 2.59. The van der Waals surface area contributed by atoms with Crippen LogP contribution in [-0.4, -0.2) is 12.1 Å². The molecule has 0 spiro atoms. The van der Waals surface area contributed by atoms with Crippen molar-refractivity contribution in [3.8, 4) is 0 Å². The summed E-state index contributed by atoms with van der Waals surface area (Å²) in [5.41, 5.74) is 2.53. The molecule has 0 bridgehead atoms. The first-order valence-electron chi connectivity index (χ1n) is 21.2. The number of esters is 1. The fraction of sp³-hybridized carbons (Fsp3) is 0.889. The molecule has 0 saturated heterocycles. The van der Waals surface area contributed by atoms with Gasteiger partial charge in [-0.15, -0.1) is 0 Å². The van der Waals surface area contributed by atoms with E-state index in [1.54, 1.807) is 5.57 Å². The second-order valence-corrected chi connectivity index (χ2v) is 18.0. The molecule has 0 aromatic carbocycles. The Morgan fingerprint density at radius 2 is 1.49 bits per heavy atom. The first-order chi connectivity index (χ1) is 22.7. The molecule has 0 radical (unpaired) electrons. The van der Waals surface area contributed by atoms with Gasteiger partial charge in [0.25, 0.3) is 0 Å². The SMILES string of the molecule is CCCCCCCC/C=C/CCCCCCCC(=O)O[C@@H]1CC[C@@]2(C)C(=CC[C@H]3[C@@H]4CC[C@H]([C@H](C)CCCC(C)C)[C@@]4(C)CC[C@@H]32)C1. The molecule has 4 rings (SSSR count). The lowest BCUT2D eigenvalue weighted by Gasteiger charge is -2.58. The Kier molecular flexibility index (Phi) is 16.0. The number of hydrogen-bond acceptors (Lipinski definition) is 2. The molecular formula is C45H78O2. The molecule has 3 saturated carbocycles. The molecule has 0 unspecified atom stereocenters. The fourth-order valence-electron chi connectivity index (χ4n) is 11.3. The molecule has 0 aromatic rings. The van der Waals surface area contributed by atoms with Crippen LogP contribution in [0.5, 0.6) is 0 Å². The average Bonchev–Trinajstić information content (AvgIpc) is 3.40. The highest BCUT2D eigenvalue weighted by molar-refractivity contribution is 5.69. The predicted octanol–water partition coefficient (Wildman–Crippen LogP) is 14.0. The number of rotatable bonds is 21. The third-order valence-electron chi connectivity index (χ3n) is 14.2. The van der Waals surface area contributed by atoms with E-state index in [0.717, 1.165) is 61.2 Å². The van der Waals surface area contributed by atoms with Gasteiger partial charge in [0.2, 0.25) is 0 Å². The maximum atomic E-state index is 12.8. The summed E-state index contributed by atoms with van der Waals surface area (Å²) in [5.74, 6) is 5.31. The van der Waals surface area contributed by atoms with Gasteiger partial charge in [-0.3, -0.25) is 4.79 Å². The van der Waals surface area contributed by atoms with Gasteiger partial charge in [0.05, 0.1) is 0 Å². The normalized spacial score (nSPS) is 32.6. The van der Waals surface area contributed by atoms with Crippen LogP contribution in [0.1, 0.15) is 202 Å². The van der Waals surface area contributed by atoms with Crippen molar-refractivity contribution in [2.75, 3.05) is 0 Å². The van der Waals surface area contributed by atoms with Crippen LogP contribution >= 0.6 is 0 Å². The van der Waals surface area contributed by atoms with E-state index in [1.807, 2.05) is 0 Å². The molecule has 0 aromatic heterocycles. The lowest BCUT2D eigenvalue weighted by molar-refractivity contribution is -0.151. The second kappa shape index (κ2) is 19.4. The number of carbonyl (C=O) groups is 1. The molecule has 47 heavy (non-hydrogen) atoms. The summed E-state index contributed by atoms with van der Waals surface area (Å²) < 4.78 is 6.12. The highest BCUT2D eigenvalue weighted by Crippen LogP contribution is 2.67. The van der Waals surface area contributed by atoms with Crippen LogP contribution < -0.4 is 0 Å². The van der Waals surface area contributed by atoms with Gasteiger partial charge in [0, 0.05) is 12.8 Å². The Morgan fingerprint density at radius 1 is 0.809 bits per heavy atom. The number of ether oxygens (including phenoxy) is 1. The van der Waals surface area contributed by atoms with Crippen LogP contribution in [0.2, 0.25) is 0 Å². The Labute approximate surface area is 293 Å². The van der Waals surface area contributed by atoms with E-state index in [2.05, 4.69) is 59.8 Å². The van der Waals surface area contributed by atoms with Crippen molar-refractivity contribution in [2.45, 2.75) is 208 Å². The molecule has 270 valence electrons. The van der Waals surface area contributed by atoms with Crippen molar-refractivity contribution >= 4 is 5.97 Å². The van der Waals surface area contributed by atoms with Gasteiger partial charge < -0.3 is 4.74 Å². The van der Waals surface area contributed by atoms with Crippen molar-refractivity contribution in [2.24, 2.45) is 46.3 Å². The largest absolute Gasteiger partial charge is 0.462 e. The topological polar surface area (TPSA) is 26.3 Å². The fourth-order valence-corrected chi connectivity index (χ4v) is 11.3. The van der Waals surface area contributed by atoms with Gasteiger partial charge in [-0.2, -0.15) is 0 Å². The predicted molar refractivity (Wildman–Crippen MR) is 202 cm³/mol. The molecule has 2 heteroatoms. The van der Waals surface area contributed by atoms with Gasteiger partial charge in [-0.25, -0.2) is 0 Å². The third kappa shape index (κ3) is 10.7. The molecule has 2 nitrogen and oxygen atoms in total. The van der Waals surface area contributed by atoms with E-state index in [9.17, 15) is 4.79 Å². The summed E-state index contributed by atoms with van der Waals surface area (Å²) in [7, 11) is 0. The Hall–Kier alpha value is -1.05. The molecule has 4 aliphatic rings. The zero-order valence-corrected chi connectivity index (χ0v) is 32.3. The molecule has 0 amide bonds. The zero-order chi connectivity index (χ0) is 33.7. The maximum absolute atomic E-state index is 12.8. The quantitative estimate of drug-likeness (QED) is 0.0702. The Bertz CT molecular complexity index is 976. The van der Waals surface area contributed by atoms with Crippen molar-refractivity contribution in [1.82, 2.24) is 0 Å². The second-order valence-electron chi connectivity index (χ2n) is 18.0. The summed E-state index contributed by atoms with van der Waals surface area (Å²) in [6, 6.07) is 0. The standard InChI is InChI=1S/C45H78O2/c1-7-8-9-10-11-12-13-14-15-16-17-18-19-20-21-25-43(46)47-38-30-32-44(5)37(34-38)26-27-39-41-29-28-40(36(4)24-22-23-35(2)3)45(41,6)33-31-42(39)44/h14-15,26,35-36,38-42H,7-13,16-25,27-34H2,1-6H3/b15-14+/t36-,38-,39+,40-,41+,42+,44+,45-/m1/s1. The average molecular weight is 651 g/mol. The number of fused-ring (bicyclic) bond motifs is 5. The minimum absolute atomic E-state index is 0.0541. The van der Waals surface area contributed by atoms with Gasteiger partial charge in [0.1, 0.15) is 6.10 Å². The smallest absolute Gasteiger partial charge is 0.306 e. The summed E-state index contributed by atoms with van der Waals surface area (Å²) in [6.45, 7) is 14.9. The molecular weight excluding hydrogens is 572 g/mol. The van der Waals surface area contributed by atoms with E-state index in [1.165, 1.54) is 128 Å².